The van der Waals surface area contributed by atoms with Crippen molar-refractivity contribution in [1.29, 1.82) is 0 Å². The molecule has 1 heterocycles. The number of ether oxygens (including phenoxy) is 1. The molecule has 55 valence electrons. The van der Waals surface area contributed by atoms with Gasteiger partial charge in [-0.3, -0.25) is 0 Å². The normalized spacial score (nSPS) is 25.5. The molecule has 0 saturated carbocycles. The Bertz CT molecular complexity index is 110. The Morgan fingerprint density at radius 2 is 2.40 bits per heavy atom. The van der Waals surface area contributed by atoms with Gasteiger partial charge >= 0.3 is 0 Å². The summed E-state index contributed by atoms with van der Waals surface area (Å²) in [6, 6.07) is 0. The average Bonchev–Trinajstić information content (AvgIpc) is 2.17. The topological polar surface area (TPSA) is 29.5 Å². The van der Waals surface area contributed by atoms with Crippen molar-refractivity contribution >= 4 is 6.47 Å². The molecule has 0 bridgehead atoms. The fourth-order valence-corrected chi connectivity index (χ4v) is 1.06. The number of hydrogen-bond acceptors (Lipinski definition) is 3. The SMILES string of the molecule is CN1CC[C@H](O[C-]=O)C1.[Y]. The largest absolute Gasteiger partial charge is 0.650 e. The molecule has 1 saturated heterocycles. The third-order valence-corrected chi connectivity index (χ3v) is 1.56. The van der Waals surface area contributed by atoms with Crippen LogP contribution >= 0.6 is 0 Å². The van der Waals surface area contributed by atoms with Crippen LogP contribution in [0.3, 0.4) is 0 Å². The van der Waals surface area contributed by atoms with E-state index < -0.39 is 0 Å². The third kappa shape index (κ3) is 3.08. The maximum atomic E-state index is 9.70. The summed E-state index contributed by atoms with van der Waals surface area (Å²) < 4.78 is 4.63. The van der Waals surface area contributed by atoms with Gasteiger partial charge in [0.15, 0.2) is 0 Å². The van der Waals surface area contributed by atoms with E-state index in [9.17, 15) is 4.79 Å². The molecule has 1 atom stereocenters. The zero-order valence-corrected chi connectivity index (χ0v) is 8.88. The van der Waals surface area contributed by atoms with Gasteiger partial charge in [-0.05, 0) is 13.5 Å². The van der Waals surface area contributed by atoms with E-state index >= 15 is 0 Å². The molecule has 3 nitrogen and oxygen atoms in total. The average molecular weight is 217 g/mol. The van der Waals surface area contributed by atoms with Crippen molar-refractivity contribution in [2.75, 3.05) is 20.1 Å². The predicted octanol–water partition coefficient (Wildman–Crippen LogP) is -0.228. The first kappa shape index (κ1) is 10.5. The number of hydrogen-bond donors (Lipinski definition) is 0. The van der Waals surface area contributed by atoms with Crippen LogP contribution in [0.1, 0.15) is 6.42 Å². The molecule has 0 aromatic rings. The molecule has 0 unspecified atom stereocenters. The molecule has 1 aliphatic rings. The first-order valence-electron chi connectivity index (χ1n) is 3.04. The molecule has 10 heavy (non-hydrogen) atoms. The molecule has 0 N–H and O–H groups in total. The molecular weight excluding hydrogens is 207 g/mol. The minimum atomic E-state index is 0. The summed E-state index contributed by atoms with van der Waals surface area (Å²) in [7, 11) is 2.01. The van der Waals surface area contributed by atoms with E-state index in [1.807, 2.05) is 7.05 Å². The summed E-state index contributed by atoms with van der Waals surface area (Å²) in [5, 5.41) is 0. The number of likely N-dealkylation sites (tertiary alicyclic amines) is 1. The first-order valence-corrected chi connectivity index (χ1v) is 3.04. The van der Waals surface area contributed by atoms with Crippen LogP contribution < -0.4 is 0 Å². The van der Waals surface area contributed by atoms with Gasteiger partial charge in [0.1, 0.15) is 0 Å². The van der Waals surface area contributed by atoms with Crippen LogP contribution in [0.2, 0.25) is 0 Å². The number of likely N-dealkylation sites (N-methyl/N-ethyl adjacent to an activating group) is 1. The molecular formula is C6H10NO2Y-. The molecule has 1 radical (unpaired) electrons. The summed E-state index contributed by atoms with van der Waals surface area (Å²) in [5.74, 6) is 0. The molecule has 1 fully saturated rings. The standard InChI is InChI=1S/C6H10NO2.Y/c1-7-3-2-6(4-7)9-5-8;/h6H,2-4H2,1H3;/q-1;/t6-;/m0./s1. The van der Waals surface area contributed by atoms with E-state index in [1.54, 1.807) is 0 Å². The van der Waals surface area contributed by atoms with Gasteiger partial charge in [-0.15, -0.1) is 0 Å². The number of carbonyl (C=O) groups excluding carboxylic acids is 1. The number of rotatable bonds is 2. The molecule has 1 aliphatic heterocycles. The van der Waals surface area contributed by atoms with E-state index in [4.69, 9.17) is 0 Å². The summed E-state index contributed by atoms with van der Waals surface area (Å²) in [5.41, 5.74) is 0. The van der Waals surface area contributed by atoms with Gasteiger partial charge in [0, 0.05) is 45.8 Å². The van der Waals surface area contributed by atoms with E-state index in [1.165, 1.54) is 6.47 Å². The molecule has 1 rings (SSSR count). The van der Waals surface area contributed by atoms with Gasteiger partial charge in [0.25, 0.3) is 0 Å². The van der Waals surface area contributed by atoms with Gasteiger partial charge in [0.05, 0.1) is 6.10 Å². The van der Waals surface area contributed by atoms with Crippen LogP contribution in [-0.4, -0.2) is 37.6 Å². The maximum absolute atomic E-state index is 9.70. The minimum Gasteiger partial charge on any atom is -0.650 e. The Morgan fingerprint density at radius 1 is 1.70 bits per heavy atom. The van der Waals surface area contributed by atoms with Crippen molar-refractivity contribution in [3.8, 4) is 0 Å². The Hall–Kier alpha value is 0.534. The van der Waals surface area contributed by atoms with Crippen LogP contribution in [0.4, 0.5) is 0 Å². The zero-order chi connectivity index (χ0) is 6.69. The third-order valence-electron chi connectivity index (χ3n) is 1.56. The van der Waals surface area contributed by atoms with Gasteiger partial charge in [-0.1, -0.05) is 6.47 Å². The smallest absolute Gasteiger partial charge is 0.0739 e. The summed E-state index contributed by atoms with van der Waals surface area (Å²) >= 11 is 0. The van der Waals surface area contributed by atoms with E-state index in [-0.39, 0.29) is 38.8 Å². The Kier molecular flexibility index (Phi) is 5.50. The Labute approximate surface area is 86.0 Å². The zero-order valence-electron chi connectivity index (χ0n) is 6.04. The van der Waals surface area contributed by atoms with Crippen molar-refractivity contribution < 1.29 is 42.2 Å². The van der Waals surface area contributed by atoms with Crippen LogP contribution in [-0.2, 0) is 42.2 Å². The van der Waals surface area contributed by atoms with Crippen molar-refractivity contribution in [3.05, 3.63) is 0 Å². The van der Waals surface area contributed by atoms with E-state index in [2.05, 4.69) is 9.64 Å². The maximum Gasteiger partial charge on any atom is 0.0739 e. The molecule has 0 amide bonds. The molecule has 0 aromatic heterocycles. The summed E-state index contributed by atoms with van der Waals surface area (Å²) in [6.45, 7) is 3.33. The Balaban J connectivity index is 0.000000810. The monoisotopic (exact) mass is 217 g/mol. The predicted molar refractivity (Wildman–Crippen MR) is 32.7 cm³/mol. The Morgan fingerprint density at radius 3 is 2.80 bits per heavy atom. The van der Waals surface area contributed by atoms with Gasteiger partial charge < -0.3 is 14.4 Å². The summed E-state index contributed by atoms with van der Waals surface area (Å²) in [6.07, 6.45) is 1.04. The first-order chi connectivity index (χ1) is 4.33. The van der Waals surface area contributed by atoms with Crippen LogP contribution in [0, 0.1) is 0 Å². The van der Waals surface area contributed by atoms with Crippen molar-refractivity contribution in [3.63, 3.8) is 0 Å². The van der Waals surface area contributed by atoms with E-state index in [0.717, 1.165) is 19.5 Å². The van der Waals surface area contributed by atoms with Crippen molar-refractivity contribution in [1.82, 2.24) is 4.90 Å². The molecule has 4 heteroatoms. The minimum absolute atomic E-state index is 0. The number of nitrogens with zero attached hydrogens (tertiary/aromatic N) is 1. The van der Waals surface area contributed by atoms with Crippen molar-refractivity contribution in [2.24, 2.45) is 0 Å². The van der Waals surface area contributed by atoms with Crippen LogP contribution in [0.25, 0.3) is 0 Å². The van der Waals surface area contributed by atoms with Gasteiger partial charge in [-0.2, -0.15) is 0 Å². The second kappa shape index (κ2) is 5.22. The second-order valence-corrected chi connectivity index (χ2v) is 2.37. The fourth-order valence-electron chi connectivity index (χ4n) is 1.06. The van der Waals surface area contributed by atoms with Crippen molar-refractivity contribution in [2.45, 2.75) is 12.5 Å². The fraction of sp³-hybridized carbons (Fsp3) is 0.833. The second-order valence-electron chi connectivity index (χ2n) is 2.37. The molecule has 0 aromatic carbocycles. The van der Waals surface area contributed by atoms with E-state index in [0.29, 0.717) is 0 Å². The van der Waals surface area contributed by atoms with Gasteiger partial charge in [-0.25, -0.2) is 0 Å². The quantitative estimate of drug-likeness (QED) is 0.598. The van der Waals surface area contributed by atoms with Crippen LogP contribution in [0.15, 0.2) is 0 Å². The molecule has 0 aliphatic carbocycles. The van der Waals surface area contributed by atoms with Gasteiger partial charge in [0.2, 0.25) is 0 Å². The van der Waals surface area contributed by atoms with Crippen LogP contribution in [0.5, 0.6) is 0 Å². The summed E-state index contributed by atoms with van der Waals surface area (Å²) in [4.78, 5) is 11.8. The molecule has 0 spiro atoms.